The molecule has 1 amide bonds. The van der Waals surface area contributed by atoms with Gasteiger partial charge in [0.1, 0.15) is 18.1 Å². The van der Waals surface area contributed by atoms with E-state index in [0.29, 0.717) is 5.56 Å². The highest BCUT2D eigenvalue weighted by molar-refractivity contribution is 7.92. The summed E-state index contributed by atoms with van der Waals surface area (Å²) in [5, 5.41) is 2.48. The van der Waals surface area contributed by atoms with Crippen molar-refractivity contribution < 1.29 is 40.2 Å². The highest BCUT2D eigenvalue weighted by Crippen LogP contribution is 2.30. The van der Waals surface area contributed by atoms with Gasteiger partial charge in [-0.3, -0.25) is 9.52 Å². The van der Waals surface area contributed by atoms with Crippen molar-refractivity contribution in [3.8, 4) is 5.88 Å². The second-order valence-electron chi connectivity index (χ2n) is 6.67. The molecule has 13 heteroatoms. The van der Waals surface area contributed by atoms with Gasteiger partial charge in [0.15, 0.2) is 0 Å². The lowest BCUT2D eigenvalue weighted by atomic mass is 10.2. The van der Waals surface area contributed by atoms with E-state index >= 15 is 0 Å². The molecule has 8 nitrogen and oxygen atoms in total. The van der Waals surface area contributed by atoms with Gasteiger partial charge in [-0.05, 0) is 35.9 Å². The number of ether oxygens (including phenoxy) is 2. The number of methoxy groups -OCH3 is 1. The van der Waals surface area contributed by atoms with Crippen molar-refractivity contribution in [3.63, 3.8) is 0 Å². The Morgan fingerprint density at radius 2 is 1.91 bits per heavy atom. The number of alkyl halides is 3. The van der Waals surface area contributed by atoms with Gasteiger partial charge in [-0.25, -0.2) is 17.8 Å². The van der Waals surface area contributed by atoms with Crippen molar-refractivity contribution >= 4 is 27.7 Å². The molecule has 0 bridgehead atoms. The molecule has 33 heavy (non-hydrogen) atoms. The minimum absolute atomic E-state index is 0.0480. The van der Waals surface area contributed by atoms with Gasteiger partial charge in [0, 0.05) is 25.3 Å². The van der Waals surface area contributed by atoms with Crippen molar-refractivity contribution in [1.82, 2.24) is 10.3 Å². The number of aromatic nitrogens is 1. The van der Waals surface area contributed by atoms with E-state index < -0.39 is 33.6 Å². The number of carbonyl (C=O) groups is 1. The molecule has 0 saturated heterocycles. The predicted octanol–water partition coefficient (Wildman–Crippen LogP) is 2.97. The molecule has 0 saturated carbocycles. The molecule has 1 heterocycles. The molecule has 2 rings (SSSR count). The minimum Gasteiger partial charge on any atom is -0.475 e. The summed E-state index contributed by atoms with van der Waals surface area (Å²) in [5.41, 5.74) is -0.889. The monoisotopic (exact) mass is 491 g/mol. The van der Waals surface area contributed by atoms with Gasteiger partial charge in [0.05, 0.1) is 18.6 Å². The van der Waals surface area contributed by atoms with Crippen molar-refractivity contribution in [2.24, 2.45) is 0 Å². The summed E-state index contributed by atoms with van der Waals surface area (Å²) in [4.78, 5) is 15.5. The fourth-order valence-corrected chi connectivity index (χ4v) is 3.00. The molecular formula is C20H21F4N3O5S. The highest BCUT2D eigenvalue weighted by Gasteiger charge is 2.33. The smallest absolute Gasteiger partial charge is 0.433 e. The lowest BCUT2D eigenvalue weighted by Gasteiger charge is -2.11. The van der Waals surface area contributed by atoms with Gasteiger partial charge < -0.3 is 14.8 Å². The molecule has 0 fully saturated rings. The number of nitrogens with one attached hydrogen (secondary N) is 2. The van der Waals surface area contributed by atoms with Crippen LogP contribution in [-0.4, -0.2) is 45.9 Å². The third-order valence-electron chi connectivity index (χ3n) is 3.92. The van der Waals surface area contributed by atoms with Crippen LogP contribution in [0.1, 0.15) is 16.8 Å². The summed E-state index contributed by atoms with van der Waals surface area (Å²) in [6, 6.07) is 5.56. The van der Waals surface area contributed by atoms with E-state index in [1.165, 1.54) is 25.3 Å². The van der Waals surface area contributed by atoms with Gasteiger partial charge in [-0.2, -0.15) is 13.2 Å². The molecule has 0 atom stereocenters. The van der Waals surface area contributed by atoms with E-state index in [9.17, 15) is 30.8 Å². The average Bonchev–Trinajstić information content (AvgIpc) is 2.71. The predicted molar refractivity (Wildman–Crippen MR) is 112 cm³/mol. The first-order valence-corrected chi connectivity index (χ1v) is 11.2. The Labute approximate surface area is 187 Å². The van der Waals surface area contributed by atoms with Gasteiger partial charge in [0.25, 0.3) is 0 Å². The Morgan fingerprint density at radius 3 is 2.52 bits per heavy atom. The number of nitrogens with zero attached hydrogens (tertiary/aromatic N) is 1. The maximum absolute atomic E-state index is 14.0. The molecule has 0 unspecified atom stereocenters. The Balaban J connectivity index is 2.06. The standard InChI is InChI=1S/C20H21F4N3O5S/c1-31-9-10-32-19-14(4-7-17(26-19)20(22,23)24)5-8-18(28)25-12-13-3-6-16(15(21)11-13)27-33(2,29)30/h3-8,11,27H,9-10,12H2,1-2H3,(H,25,28). The van der Waals surface area contributed by atoms with Gasteiger partial charge in [-0.1, -0.05) is 6.07 Å². The number of pyridine rings is 1. The van der Waals surface area contributed by atoms with Gasteiger partial charge >= 0.3 is 6.18 Å². The van der Waals surface area contributed by atoms with Crippen LogP contribution in [0.15, 0.2) is 36.4 Å². The first-order chi connectivity index (χ1) is 15.4. The zero-order valence-corrected chi connectivity index (χ0v) is 18.4. The van der Waals surface area contributed by atoms with E-state index in [2.05, 4.69) is 10.3 Å². The largest absolute Gasteiger partial charge is 0.475 e. The number of hydrogen-bond donors (Lipinski definition) is 2. The number of rotatable bonds is 10. The summed E-state index contributed by atoms with van der Waals surface area (Å²) in [6.07, 6.45) is -1.50. The lowest BCUT2D eigenvalue weighted by Crippen LogP contribution is -2.20. The number of anilines is 1. The quantitative estimate of drug-likeness (QED) is 0.301. The Kier molecular flexibility index (Phi) is 8.76. The fraction of sp³-hybridized carbons (Fsp3) is 0.300. The summed E-state index contributed by atoms with van der Waals surface area (Å²) >= 11 is 0. The van der Waals surface area contributed by atoms with E-state index in [1.54, 1.807) is 0 Å². The maximum atomic E-state index is 14.0. The van der Waals surface area contributed by atoms with Crippen LogP contribution in [0.4, 0.5) is 23.2 Å². The highest BCUT2D eigenvalue weighted by atomic mass is 32.2. The molecule has 0 aliphatic rings. The van der Waals surface area contributed by atoms with Crippen molar-refractivity contribution in [2.45, 2.75) is 12.7 Å². The Bertz CT molecular complexity index is 1120. The molecule has 1 aromatic heterocycles. The first kappa shape index (κ1) is 26.1. The van der Waals surface area contributed by atoms with Crippen LogP contribution in [0.5, 0.6) is 5.88 Å². The average molecular weight is 491 g/mol. The molecule has 1 aromatic carbocycles. The van der Waals surface area contributed by atoms with E-state index in [4.69, 9.17) is 9.47 Å². The lowest BCUT2D eigenvalue weighted by molar-refractivity contribution is -0.141. The van der Waals surface area contributed by atoms with Crippen molar-refractivity contribution in [1.29, 1.82) is 0 Å². The summed E-state index contributed by atoms with van der Waals surface area (Å²) < 4.78 is 87.2. The number of benzene rings is 1. The molecule has 180 valence electrons. The minimum atomic E-state index is -4.67. The van der Waals surface area contributed by atoms with E-state index in [0.717, 1.165) is 30.5 Å². The van der Waals surface area contributed by atoms with Crippen LogP contribution in [0.25, 0.3) is 6.08 Å². The molecule has 2 N–H and O–H groups in total. The second kappa shape index (κ2) is 11.1. The molecule has 0 aliphatic carbocycles. The van der Waals surface area contributed by atoms with E-state index in [1.807, 2.05) is 4.72 Å². The number of amides is 1. The molecule has 0 aliphatic heterocycles. The van der Waals surface area contributed by atoms with Crippen LogP contribution in [0, 0.1) is 5.82 Å². The molecular weight excluding hydrogens is 470 g/mol. The van der Waals surface area contributed by atoms with Gasteiger partial charge in [0.2, 0.25) is 21.8 Å². The number of sulfonamides is 1. The van der Waals surface area contributed by atoms with Crippen LogP contribution < -0.4 is 14.8 Å². The summed E-state index contributed by atoms with van der Waals surface area (Å²) in [5.74, 6) is -1.75. The van der Waals surface area contributed by atoms with Crippen molar-refractivity contribution in [2.75, 3.05) is 31.3 Å². The number of carbonyl (C=O) groups excluding carboxylic acids is 1. The fourth-order valence-electron chi connectivity index (χ4n) is 2.44. The van der Waals surface area contributed by atoms with Crippen LogP contribution >= 0.6 is 0 Å². The topological polar surface area (TPSA) is 107 Å². The van der Waals surface area contributed by atoms with Gasteiger partial charge in [-0.15, -0.1) is 0 Å². The Morgan fingerprint density at radius 1 is 1.18 bits per heavy atom. The normalized spacial score (nSPS) is 12.1. The zero-order chi connectivity index (χ0) is 24.6. The number of halogens is 4. The van der Waals surface area contributed by atoms with Crippen LogP contribution in [0.2, 0.25) is 0 Å². The summed E-state index contributed by atoms with van der Waals surface area (Å²) in [6.45, 7) is -0.00801. The second-order valence-corrected chi connectivity index (χ2v) is 8.42. The zero-order valence-electron chi connectivity index (χ0n) is 17.6. The van der Waals surface area contributed by atoms with Crippen LogP contribution in [0.3, 0.4) is 0 Å². The van der Waals surface area contributed by atoms with Crippen LogP contribution in [-0.2, 0) is 32.3 Å². The Hall–Kier alpha value is -3.19. The SMILES string of the molecule is COCCOc1nc(C(F)(F)F)ccc1C=CC(=O)NCc1ccc(NS(C)(=O)=O)c(F)c1. The van der Waals surface area contributed by atoms with Crippen molar-refractivity contribution in [3.05, 3.63) is 59.0 Å². The third-order valence-corrected chi connectivity index (χ3v) is 4.51. The molecule has 2 aromatic rings. The maximum Gasteiger partial charge on any atom is 0.433 e. The third kappa shape index (κ3) is 8.69. The van der Waals surface area contributed by atoms with E-state index in [-0.39, 0.29) is 36.9 Å². The summed E-state index contributed by atoms with van der Waals surface area (Å²) in [7, 11) is -2.25. The first-order valence-electron chi connectivity index (χ1n) is 9.31. The number of hydrogen-bond acceptors (Lipinski definition) is 6. The molecule has 0 spiro atoms. The molecule has 0 radical (unpaired) electrons.